The predicted molar refractivity (Wildman–Crippen MR) is 54.9 cm³/mol. The summed E-state index contributed by atoms with van der Waals surface area (Å²) in [5.41, 5.74) is 0.399. The molecule has 0 unspecified atom stereocenters. The molecule has 0 radical (unpaired) electrons. The molecular formula is C10H12N4O. The Labute approximate surface area is 87.2 Å². The summed E-state index contributed by atoms with van der Waals surface area (Å²) >= 11 is 0. The summed E-state index contributed by atoms with van der Waals surface area (Å²) in [6.07, 6.45) is 3.96. The molecule has 2 rings (SSSR count). The van der Waals surface area contributed by atoms with Gasteiger partial charge in [0.25, 0.3) is 5.78 Å². The molecule has 2 aromatic rings. The van der Waals surface area contributed by atoms with Crippen molar-refractivity contribution in [3.8, 4) is 0 Å². The lowest BCUT2D eigenvalue weighted by molar-refractivity contribution is 0.112. The van der Waals surface area contributed by atoms with Crippen LogP contribution in [0.2, 0.25) is 0 Å². The zero-order valence-electron chi connectivity index (χ0n) is 8.93. The lowest BCUT2D eigenvalue weighted by Gasteiger charge is -2.15. The Morgan fingerprint density at radius 2 is 2.07 bits per heavy atom. The first-order valence-electron chi connectivity index (χ1n) is 4.69. The quantitative estimate of drug-likeness (QED) is 0.655. The minimum atomic E-state index is -0.122. The first-order chi connectivity index (χ1) is 7.02. The van der Waals surface area contributed by atoms with E-state index in [0.717, 1.165) is 12.1 Å². The lowest BCUT2D eigenvalue weighted by Crippen LogP contribution is -2.16. The van der Waals surface area contributed by atoms with E-state index in [-0.39, 0.29) is 5.41 Å². The molecule has 0 fully saturated rings. The average molecular weight is 204 g/mol. The molecule has 78 valence electrons. The second-order valence-corrected chi connectivity index (χ2v) is 4.45. The Bertz CT molecular complexity index is 510. The highest BCUT2D eigenvalue weighted by Crippen LogP contribution is 2.20. The van der Waals surface area contributed by atoms with Gasteiger partial charge in [0.05, 0.1) is 0 Å². The van der Waals surface area contributed by atoms with Gasteiger partial charge in [-0.15, -0.1) is 10.2 Å². The van der Waals surface area contributed by atoms with Gasteiger partial charge in [-0.05, 0) is 0 Å². The summed E-state index contributed by atoms with van der Waals surface area (Å²) in [6.45, 7) is 6.12. The van der Waals surface area contributed by atoms with Crippen molar-refractivity contribution in [2.24, 2.45) is 0 Å². The van der Waals surface area contributed by atoms with Crippen LogP contribution in [0, 0.1) is 0 Å². The third-order valence-electron chi connectivity index (χ3n) is 2.09. The van der Waals surface area contributed by atoms with Crippen LogP contribution in [0.15, 0.2) is 12.4 Å². The normalized spacial score (nSPS) is 11.9. The highest BCUT2D eigenvalue weighted by atomic mass is 16.1. The maximum absolute atomic E-state index is 10.6. The molecule has 0 atom stereocenters. The zero-order valence-corrected chi connectivity index (χ0v) is 8.93. The molecule has 2 heterocycles. The number of fused-ring (bicyclic) bond motifs is 1. The largest absolute Gasteiger partial charge is 0.298 e. The van der Waals surface area contributed by atoms with Gasteiger partial charge >= 0.3 is 0 Å². The highest BCUT2D eigenvalue weighted by Gasteiger charge is 2.21. The third kappa shape index (κ3) is 1.60. The maximum atomic E-state index is 10.6. The summed E-state index contributed by atoms with van der Waals surface area (Å²) in [4.78, 5) is 14.7. The summed E-state index contributed by atoms with van der Waals surface area (Å²) in [6, 6.07) is 0. The summed E-state index contributed by atoms with van der Waals surface area (Å²) in [5.74, 6) is 1.32. The first-order valence-corrected chi connectivity index (χ1v) is 4.69. The van der Waals surface area contributed by atoms with E-state index in [1.165, 1.54) is 6.20 Å². The predicted octanol–water partition coefficient (Wildman–Crippen LogP) is 1.23. The smallest absolute Gasteiger partial charge is 0.255 e. The Balaban J connectivity index is 2.72. The van der Waals surface area contributed by atoms with Gasteiger partial charge < -0.3 is 0 Å². The van der Waals surface area contributed by atoms with Gasteiger partial charge in [-0.3, -0.25) is 9.20 Å². The van der Waals surface area contributed by atoms with Crippen molar-refractivity contribution in [3.63, 3.8) is 0 Å². The van der Waals surface area contributed by atoms with Crippen LogP contribution in [0.5, 0.6) is 0 Å². The molecule has 0 spiro atoms. The van der Waals surface area contributed by atoms with E-state index >= 15 is 0 Å². The van der Waals surface area contributed by atoms with Crippen LogP contribution in [0.1, 0.15) is 37.0 Å². The fourth-order valence-corrected chi connectivity index (χ4v) is 1.38. The van der Waals surface area contributed by atoms with Gasteiger partial charge in [-0.2, -0.15) is 0 Å². The van der Waals surface area contributed by atoms with Crippen molar-refractivity contribution >= 4 is 12.1 Å². The van der Waals surface area contributed by atoms with Crippen LogP contribution in [0.25, 0.3) is 5.78 Å². The maximum Gasteiger partial charge on any atom is 0.255 e. The van der Waals surface area contributed by atoms with Crippen LogP contribution in [0.4, 0.5) is 0 Å². The molecule has 0 saturated carbocycles. The molecule has 15 heavy (non-hydrogen) atoms. The molecular weight excluding hydrogens is 192 g/mol. The SMILES string of the molecule is CC(C)(C)c1nnc2ncc(C=O)cn12. The third-order valence-corrected chi connectivity index (χ3v) is 2.09. The standard InChI is InChI=1S/C10H12N4O/c1-10(2,3)8-12-13-9-11-4-7(6-15)5-14(8)9/h4-6H,1-3H3. The minimum Gasteiger partial charge on any atom is -0.298 e. The second kappa shape index (κ2) is 3.12. The number of hydrogen-bond acceptors (Lipinski definition) is 4. The topological polar surface area (TPSA) is 60.2 Å². The fourth-order valence-electron chi connectivity index (χ4n) is 1.38. The van der Waals surface area contributed by atoms with Crippen LogP contribution in [0.3, 0.4) is 0 Å². The van der Waals surface area contributed by atoms with Crippen LogP contribution in [-0.4, -0.2) is 25.9 Å². The molecule has 5 nitrogen and oxygen atoms in total. The molecule has 0 N–H and O–H groups in total. The van der Waals surface area contributed by atoms with Crippen molar-refractivity contribution in [2.75, 3.05) is 0 Å². The zero-order chi connectivity index (χ0) is 11.1. The van der Waals surface area contributed by atoms with E-state index < -0.39 is 0 Å². The van der Waals surface area contributed by atoms with Gasteiger partial charge in [0.15, 0.2) is 6.29 Å². The van der Waals surface area contributed by atoms with E-state index in [2.05, 4.69) is 15.2 Å². The van der Waals surface area contributed by atoms with Crippen molar-refractivity contribution < 1.29 is 4.79 Å². The number of nitrogens with zero attached hydrogens (tertiary/aromatic N) is 4. The molecule has 0 aromatic carbocycles. The second-order valence-electron chi connectivity index (χ2n) is 4.45. The van der Waals surface area contributed by atoms with E-state index in [0.29, 0.717) is 11.3 Å². The number of aromatic nitrogens is 4. The number of carbonyl (C=O) groups is 1. The number of rotatable bonds is 1. The molecule has 0 aliphatic rings. The molecule has 0 saturated heterocycles. The Morgan fingerprint density at radius 1 is 1.33 bits per heavy atom. The fraction of sp³-hybridized carbons (Fsp3) is 0.400. The van der Waals surface area contributed by atoms with Crippen molar-refractivity contribution in [1.29, 1.82) is 0 Å². The van der Waals surface area contributed by atoms with Crippen molar-refractivity contribution in [3.05, 3.63) is 23.8 Å². The van der Waals surface area contributed by atoms with Gasteiger partial charge in [-0.25, -0.2) is 4.98 Å². The monoisotopic (exact) mass is 204 g/mol. The van der Waals surface area contributed by atoms with Crippen molar-refractivity contribution in [2.45, 2.75) is 26.2 Å². The Hall–Kier alpha value is -1.78. The number of aldehydes is 1. The van der Waals surface area contributed by atoms with Crippen LogP contribution >= 0.6 is 0 Å². The Kier molecular flexibility index (Phi) is 2.03. The molecule has 5 heteroatoms. The lowest BCUT2D eigenvalue weighted by atomic mass is 9.96. The summed E-state index contributed by atoms with van der Waals surface area (Å²) in [5, 5.41) is 8.02. The van der Waals surface area contributed by atoms with E-state index in [1.807, 2.05) is 20.8 Å². The van der Waals surface area contributed by atoms with E-state index in [4.69, 9.17) is 0 Å². The molecule has 2 aromatic heterocycles. The van der Waals surface area contributed by atoms with Crippen LogP contribution in [-0.2, 0) is 5.41 Å². The number of hydrogen-bond donors (Lipinski definition) is 0. The molecule has 0 amide bonds. The van der Waals surface area contributed by atoms with E-state index in [9.17, 15) is 4.79 Å². The van der Waals surface area contributed by atoms with E-state index in [1.54, 1.807) is 10.6 Å². The summed E-state index contributed by atoms with van der Waals surface area (Å²) in [7, 11) is 0. The molecule has 0 aliphatic heterocycles. The van der Waals surface area contributed by atoms with Gasteiger partial charge in [0, 0.05) is 23.4 Å². The van der Waals surface area contributed by atoms with Crippen molar-refractivity contribution in [1.82, 2.24) is 19.6 Å². The van der Waals surface area contributed by atoms with Gasteiger partial charge in [0.1, 0.15) is 5.82 Å². The summed E-state index contributed by atoms with van der Waals surface area (Å²) < 4.78 is 1.75. The van der Waals surface area contributed by atoms with Crippen LogP contribution < -0.4 is 0 Å². The highest BCUT2D eigenvalue weighted by molar-refractivity contribution is 5.73. The Morgan fingerprint density at radius 3 is 2.67 bits per heavy atom. The minimum absolute atomic E-state index is 0.122. The first kappa shape index (κ1) is 9.76. The van der Waals surface area contributed by atoms with Gasteiger partial charge in [-0.1, -0.05) is 20.8 Å². The average Bonchev–Trinajstić information content (AvgIpc) is 2.59. The number of carbonyl (C=O) groups excluding carboxylic acids is 1. The molecule has 0 aliphatic carbocycles. The molecule has 0 bridgehead atoms. The van der Waals surface area contributed by atoms with Gasteiger partial charge in [0.2, 0.25) is 0 Å².